The van der Waals surface area contributed by atoms with E-state index in [1.54, 1.807) is 29.2 Å². The Morgan fingerprint density at radius 1 is 1.04 bits per heavy atom. The van der Waals surface area contributed by atoms with Gasteiger partial charge in [0.15, 0.2) is 0 Å². The zero-order valence-electron chi connectivity index (χ0n) is 13.2. The lowest BCUT2D eigenvalue weighted by molar-refractivity contribution is -0.117. The Balaban J connectivity index is 1.95. The molecule has 0 heterocycles. The summed E-state index contributed by atoms with van der Waals surface area (Å²) in [5, 5.41) is 3.40. The Labute approximate surface area is 141 Å². The van der Waals surface area contributed by atoms with Gasteiger partial charge >= 0.3 is 0 Å². The predicted molar refractivity (Wildman–Crippen MR) is 93.9 cm³/mol. The summed E-state index contributed by atoms with van der Waals surface area (Å²) in [5.74, 6) is -0.237. The Bertz CT molecular complexity index is 681. The Hall–Kier alpha value is -2.33. The molecule has 0 fully saturated rings. The van der Waals surface area contributed by atoms with Crippen LogP contribution in [0.4, 0.5) is 11.4 Å². The number of carbonyl (C=O) groups is 2. The summed E-state index contributed by atoms with van der Waals surface area (Å²) in [6.07, 6.45) is 0.218. The highest BCUT2D eigenvalue weighted by Crippen LogP contribution is 2.17. The lowest BCUT2D eigenvalue weighted by Crippen LogP contribution is -2.31. The van der Waals surface area contributed by atoms with Crippen LogP contribution in [-0.2, 0) is 9.59 Å². The maximum absolute atomic E-state index is 12.0. The number of hydrogen-bond donors (Lipinski definition) is 1. The second-order valence-corrected chi connectivity index (χ2v) is 5.75. The summed E-state index contributed by atoms with van der Waals surface area (Å²) in [4.78, 5) is 25.4. The van der Waals surface area contributed by atoms with E-state index >= 15 is 0 Å². The largest absolute Gasteiger partial charge is 0.326 e. The maximum atomic E-state index is 12.0. The third-order valence-electron chi connectivity index (χ3n) is 3.42. The molecule has 0 atom stereocenters. The second-order valence-electron chi connectivity index (χ2n) is 5.31. The van der Waals surface area contributed by atoms with Crippen LogP contribution in [0.25, 0.3) is 0 Å². The second kappa shape index (κ2) is 7.79. The van der Waals surface area contributed by atoms with Crippen LogP contribution in [0.15, 0.2) is 48.5 Å². The van der Waals surface area contributed by atoms with Gasteiger partial charge in [-0.2, -0.15) is 0 Å². The van der Waals surface area contributed by atoms with E-state index in [4.69, 9.17) is 11.6 Å². The van der Waals surface area contributed by atoms with Gasteiger partial charge in [-0.25, -0.2) is 0 Å². The van der Waals surface area contributed by atoms with Crippen molar-refractivity contribution < 1.29 is 9.59 Å². The molecule has 4 nitrogen and oxygen atoms in total. The highest BCUT2D eigenvalue weighted by Gasteiger charge is 2.13. The summed E-state index contributed by atoms with van der Waals surface area (Å²) >= 11 is 5.81. The summed E-state index contributed by atoms with van der Waals surface area (Å²) < 4.78 is 0. The minimum Gasteiger partial charge on any atom is -0.326 e. The molecule has 0 saturated heterocycles. The average molecular weight is 331 g/mol. The van der Waals surface area contributed by atoms with E-state index in [1.807, 2.05) is 31.2 Å². The fourth-order valence-electron chi connectivity index (χ4n) is 2.16. The van der Waals surface area contributed by atoms with Crippen molar-refractivity contribution in [1.29, 1.82) is 0 Å². The van der Waals surface area contributed by atoms with Gasteiger partial charge in [-0.3, -0.25) is 9.59 Å². The molecule has 1 N–H and O–H groups in total. The van der Waals surface area contributed by atoms with Crippen molar-refractivity contribution in [3.8, 4) is 0 Å². The number of carbonyl (C=O) groups excluding carboxylic acids is 2. The molecule has 0 aromatic heterocycles. The molecule has 0 saturated carbocycles. The topological polar surface area (TPSA) is 49.4 Å². The van der Waals surface area contributed by atoms with Gasteiger partial charge in [-0.15, -0.1) is 0 Å². The van der Waals surface area contributed by atoms with Crippen LogP contribution in [0, 0.1) is 6.92 Å². The van der Waals surface area contributed by atoms with Gasteiger partial charge in [0.1, 0.15) is 0 Å². The highest BCUT2D eigenvalue weighted by molar-refractivity contribution is 6.30. The first kappa shape index (κ1) is 17.0. The molecule has 0 aliphatic heterocycles. The molecule has 2 aromatic rings. The fourth-order valence-corrected chi connectivity index (χ4v) is 2.29. The van der Waals surface area contributed by atoms with Gasteiger partial charge in [0.05, 0.1) is 0 Å². The van der Waals surface area contributed by atoms with Crippen molar-refractivity contribution in [2.45, 2.75) is 20.3 Å². The van der Waals surface area contributed by atoms with Crippen molar-refractivity contribution in [2.24, 2.45) is 0 Å². The van der Waals surface area contributed by atoms with Gasteiger partial charge in [-0.1, -0.05) is 29.3 Å². The van der Waals surface area contributed by atoms with E-state index in [9.17, 15) is 9.59 Å². The van der Waals surface area contributed by atoms with E-state index in [2.05, 4.69) is 5.32 Å². The fraction of sp³-hybridized carbons (Fsp3) is 0.222. The maximum Gasteiger partial charge on any atom is 0.226 e. The highest BCUT2D eigenvalue weighted by atomic mass is 35.5. The molecule has 0 unspecified atom stereocenters. The molecule has 0 bridgehead atoms. The summed E-state index contributed by atoms with van der Waals surface area (Å²) in [7, 11) is 0. The monoisotopic (exact) mass is 330 g/mol. The van der Waals surface area contributed by atoms with Gasteiger partial charge in [0.2, 0.25) is 11.8 Å². The Kier molecular flexibility index (Phi) is 5.77. The molecular weight excluding hydrogens is 312 g/mol. The van der Waals surface area contributed by atoms with Crippen LogP contribution in [0.3, 0.4) is 0 Å². The molecule has 2 amide bonds. The van der Waals surface area contributed by atoms with Crippen molar-refractivity contribution in [1.82, 2.24) is 0 Å². The van der Waals surface area contributed by atoms with E-state index in [1.165, 1.54) is 6.92 Å². The molecule has 0 aliphatic rings. The Morgan fingerprint density at radius 2 is 1.65 bits per heavy atom. The zero-order chi connectivity index (χ0) is 16.8. The van der Waals surface area contributed by atoms with Crippen LogP contribution in [0.1, 0.15) is 18.9 Å². The van der Waals surface area contributed by atoms with Gasteiger partial charge in [0, 0.05) is 36.3 Å². The summed E-state index contributed by atoms with van der Waals surface area (Å²) in [6, 6.07) is 14.6. The number of aryl methyl sites for hydroxylation is 1. The predicted octanol–water partition coefficient (Wildman–Crippen LogP) is 4.03. The molecular formula is C18H19ClN2O2. The third-order valence-corrected chi connectivity index (χ3v) is 3.67. The van der Waals surface area contributed by atoms with Gasteiger partial charge in [-0.05, 0) is 43.3 Å². The molecule has 2 rings (SSSR count). The van der Waals surface area contributed by atoms with Crippen molar-refractivity contribution in [2.75, 3.05) is 16.8 Å². The lowest BCUT2D eigenvalue weighted by atomic mass is 10.2. The molecule has 0 aliphatic carbocycles. The quantitative estimate of drug-likeness (QED) is 0.899. The van der Waals surface area contributed by atoms with Crippen LogP contribution in [0.5, 0.6) is 0 Å². The Morgan fingerprint density at radius 3 is 2.22 bits per heavy atom. The van der Waals surface area contributed by atoms with Crippen LogP contribution >= 0.6 is 11.6 Å². The number of anilines is 2. The first-order valence-electron chi connectivity index (χ1n) is 7.36. The van der Waals surface area contributed by atoms with Gasteiger partial charge in [0.25, 0.3) is 0 Å². The number of halogens is 1. The summed E-state index contributed by atoms with van der Waals surface area (Å²) in [5.41, 5.74) is 2.60. The number of rotatable bonds is 5. The minimum atomic E-state index is -0.148. The van der Waals surface area contributed by atoms with Crippen LogP contribution < -0.4 is 10.2 Å². The molecule has 120 valence electrons. The standard InChI is InChI=1S/C18H19ClN2O2/c1-13-3-9-17(10-4-13)21(14(2)22)12-11-18(23)20-16-7-5-15(19)6-8-16/h3-10H,11-12H2,1-2H3,(H,20,23). The minimum absolute atomic E-state index is 0.0897. The zero-order valence-corrected chi connectivity index (χ0v) is 13.9. The SMILES string of the molecule is CC(=O)N(CCC(=O)Nc1ccc(Cl)cc1)c1ccc(C)cc1. The smallest absolute Gasteiger partial charge is 0.226 e. The normalized spacial score (nSPS) is 10.2. The van der Waals surface area contributed by atoms with E-state index < -0.39 is 0 Å². The first-order chi connectivity index (χ1) is 11.0. The molecule has 2 aromatic carbocycles. The van der Waals surface area contributed by atoms with E-state index in [-0.39, 0.29) is 18.2 Å². The third kappa shape index (κ3) is 5.11. The lowest BCUT2D eigenvalue weighted by Gasteiger charge is -2.21. The number of nitrogens with one attached hydrogen (secondary N) is 1. The summed E-state index contributed by atoms with van der Waals surface area (Å²) in [6.45, 7) is 3.82. The average Bonchev–Trinajstić information content (AvgIpc) is 2.51. The molecule has 0 radical (unpaired) electrons. The number of hydrogen-bond acceptors (Lipinski definition) is 2. The molecule has 5 heteroatoms. The van der Waals surface area contributed by atoms with Crippen molar-refractivity contribution >= 4 is 34.8 Å². The van der Waals surface area contributed by atoms with Gasteiger partial charge < -0.3 is 10.2 Å². The van der Waals surface area contributed by atoms with Crippen molar-refractivity contribution in [3.63, 3.8) is 0 Å². The van der Waals surface area contributed by atoms with E-state index in [0.717, 1.165) is 11.3 Å². The first-order valence-corrected chi connectivity index (χ1v) is 7.73. The molecule has 0 spiro atoms. The van der Waals surface area contributed by atoms with Crippen LogP contribution in [-0.4, -0.2) is 18.4 Å². The van der Waals surface area contributed by atoms with Crippen molar-refractivity contribution in [3.05, 3.63) is 59.1 Å². The molecule has 23 heavy (non-hydrogen) atoms. The number of nitrogens with zero attached hydrogens (tertiary/aromatic N) is 1. The van der Waals surface area contributed by atoms with Crippen LogP contribution in [0.2, 0.25) is 5.02 Å². The van der Waals surface area contributed by atoms with E-state index in [0.29, 0.717) is 17.3 Å². The number of benzene rings is 2. The number of amides is 2.